The fourth-order valence-electron chi connectivity index (χ4n) is 3.51. The van der Waals surface area contributed by atoms with Gasteiger partial charge in [-0.25, -0.2) is 0 Å². The van der Waals surface area contributed by atoms with E-state index in [2.05, 4.69) is 24.3 Å². The first-order chi connectivity index (χ1) is 9.43. The smallest absolute Gasteiger partial charge is 0.0704 e. The van der Waals surface area contributed by atoms with Crippen molar-refractivity contribution in [1.82, 2.24) is 0 Å². The van der Waals surface area contributed by atoms with Gasteiger partial charge < -0.3 is 14.2 Å². The first-order valence-corrected chi connectivity index (χ1v) is 7.26. The Morgan fingerprint density at radius 1 is 0.684 bits per heavy atom. The summed E-state index contributed by atoms with van der Waals surface area (Å²) in [4.78, 5) is 0. The molecular formula is C16H20O3. The van der Waals surface area contributed by atoms with Gasteiger partial charge in [-0.1, -0.05) is 24.3 Å². The first-order valence-electron chi connectivity index (χ1n) is 7.26. The summed E-state index contributed by atoms with van der Waals surface area (Å²) in [5.74, 6) is 2.55. The van der Waals surface area contributed by atoms with E-state index in [-0.39, 0.29) is 0 Å². The molecule has 1 saturated heterocycles. The lowest BCUT2D eigenvalue weighted by atomic mass is 9.92. The lowest BCUT2D eigenvalue weighted by Gasteiger charge is -2.21. The third kappa shape index (κ3) is 2.20. The first kappa shape index (κ1) is 11.9. The summed E-state index contributed by atoms with van der Waals surface area (Å²) in [5, 5.41) is 0. The second kappa shape index (κ2) is 4.89. The molecule has 5 rings (SSSR count). The molecule has 6 bridgehead atoms. The van der Waals surface area contributed by atoms with E-state index in [1.54, 1.807) is 0 Å². The largest absolute Gasteiger partial charge is 0.377 e. The van der Waals surface area contributed by atoms with Gasteiger partial charge in [-0.15, -0.1) is 0 Å². The SMILES string of the molecule is C1=CC2C3C=C4COCCOCCOCC(=C[C@@H]23)C14. The summed E-state index contributed by atoms with van der Waals surface area (Å²) in [6, 6.07) is 0. The maximum Gasteiger partial charge on any atom is 0.0704 e. The molecule has 0 aromatic carbocycles. The van der Waals surface area contributed by atoms with Gasteiger partial charge in [0, 0.05) is 5.92 Å². The fraction of sp³-hybridized carbons (Fsp3) is 0.625. The quantitative estimate of drug-likeness (QED) is 0.623. The predicted molar refractivity (Wildman–Crippen MR) is 71.7 cm³/mol. The number of hydrogen-bond acceptors (Lipinski definition) is 3. The van der Waals surface area contributed by atoms with Crippen LogP contribution in [0.25, 0.3) is 0 Å². The maximum absolute atomic E-state index is 5.77. The fourth-order valence-corrected chi connectivity index (χ4v) is 3.51. The second-order valence-corrected chi connectivity index (χ2v) is 5.80. The molecule has 0 aromatic heterocycles. The molecule has 4 aliphatic carbocycles. The van der Waals surface area contributed by atoms with Gasteiger partial charge in [-0.2, -0.15) is 0 Å². The molecule has 19 heavy (non-hydrogen) atoms. The van der Waals surface area contributed by atoms with Gasteiger partial charge in [0.25, 0.3) is 0 Å². The van der Waals surface area contributed by atoms with Crippen LogP contribution >= 0.6 is 0 Å². The van der Waals surface area contributed by atoms with Gasteiger partial charge in [-0.05, 0) is 28.9 Å². The van der Waals surface area contributed by atoms with Crippen molar-refractivity contribution in [3.05, 3.63) is 35.5 Å². The molecule has 0 radical (unpaired) electrons. The van der Waals surface area contributed by atoms with E-state index in [4.69, 9.17) is 14.2 Å². The predicted octanol–water partition coefficient (Wildman–Crippen LogP) is 1.96. The summed E-state index contributed by atoms with van der Waals surface area (Å²) in [6.45, 7) is 4.12. The van der Waals surface area contributed by atoms with E-state index in [9.17, 15) is 0 Å². The van der Waals surface area contributed by atoms with Crippen molar-refractivity contribution in [3.8, 4) is 0 Å². The van der Waals surface area contributed by atoms with Crippen LogP contribution in [0.3, 0.4) is 0 Å². The van der Waals surface area contributed by atoms with Crippen LogP contribution in [0.1, 0.15) is 0 Å². The average Bonchev–Trinajstić information content (AvgIpc) is 3.12. The van der Waals surface area contributed by atoms with Crippen molar-refractivity contribution < 1.29 is 14.2 Å². The Morgan fingerprint density at radius 3 is 1.89 bits per heavy atom. The van der Waals surface area contributed by atoms with Crippen molar-refractivity contribution in [2.75, 3.05) is 39.6 Å². The molecular weight excluding hydrogens is 240 g/mol. The monoisotopic (exact) mass is 260 g/mol. The molecule has 1 heterocycles. The van der Waals surface area contributed by atoms with Crippen LogP contribution in [0.15, 0.2) is 35.5 Å². The highest BCUT2D eigenvalue weighted by atomic mass is 16.5. The van der Waals surface area contributed by atoms with Gasteiger partial charge in [0.1, 0.15) is 0 Å². The lowest BCUT2D eigenvalue weighted by molar-refractivity contribution is 0.0186. The molecule has 3 unspecified atom stereocenters. The van der Waals surface area contributed by atoms with Crippen LogP contribution in [0.2, 0.25) is 0 Å². The highest BCUT2D eigenvalue weighted by Crippen LogP contribution is 2.55. The highest BCUT2D eigenvalue weighted by Gasteiger charge is 2.49. The normalized spacial score (nSPS) is 41.3. The topological polar surface area (TPSA) is 27.7 Å². The van der Waals surface area contributed by atoms with Crippen LogP contribution in [-0.2, 0) is 14.2 Å². The van der Waals surface area contributed by atoms with Gasteiger partial charge in [0.05, 0.1) is 39.6 Å². The number of hydrogen-bond donors (Lipinski definition) is 0. The Balaban J connectivity index is 1.61. The van der Waals surface area contributed by atoms with E-state index in [1.807, 2.05) is 0 Å². The van der Waals surface area contributed by atoms with Gasteiger partial charge in [0.15, 0.2) is 0 Å². The number of allylic oxidation sites excluding steroid dienone is 4. The van der Waals surface area contributed by atoms with E-state index < -0.39 is 0 Å². The zero-order valence-corrected chi connectivity index (χ0v) is 11.1. The highest BCUT2D eigenvalue weighted by molar-refractivity contribution is 5.41. The number of ether oxygens (including phenoxy) is 3. The van der Waals surface area contributed by atoms with Crippen LogP contribution in [0, 0.1) is 23.7 Å². The van der Waals surface area contributed by atoms with Crippen LogP contribution in [-0.4, -0.2) is 39.6 Å². The molecule has 0 spiro atoms. The molecule has 2 fully saturated rings. The number of rotatable bonds is 0. The van der Waals surface area contributed by atoms with Crippen LogP contribution in [0.5, 0.6) is 0 Å². The Hall–Kier alpha value is -0.900. The Kier molecular flexibility index (Phi) is 3.06. The Morgan fingerprint density at radius 2 is 1.26 bits per heavy atom. The molecule has 3 nitrogen and oxygen atoms in total. The second-order valence-electron chi connectivity index (χ2n) is 5.80. The van der Waals surface area contributed by atoms with Gasteiger partial charge in [-0.3, -0.25) is 0 Å². The third-order valence-electron chi connectivity index (χ3n) is 4.61. The molecule has 0 amide bonds. The standard InChI is InChI=1S/C16H20O3/c1-2-14-15-7-11-9-18-5-3-17-4-6-19-10-12(13(1)11)8-16(14)15/h1-2,7-8,13-16H,3-6,9-10H2/t13?,14?,15-,16?/m0/s1. The van der Waals surface area contributed by atoms with E-state index in [0.717, 1.165) is 19.1 Å². The summed E-state index contributed by atoms with van der Waals surface area (Å²) in [5.41, 5.74) is 2.83. The van der Waals surface area contributed by atoms with E-state index in [0.29, 0.717) is 44.2 Å². The van der Waals surface area contributed by atoms with Crippen molar-refractivity contribution >= 4 is 0 Å². The zero-order valence-electron chi connectivity index (χ0n) is 11.1. The molecule has 102 valence electrons. The molecule has 1 saturated carbocycles. The summed E-state index contributed by atoms with van der Waals surface area (Å²) in [7, 11) is 0. The molecule has 0 aromatic rings. The van der Waals surface area contributed by atoms with Crippen molar-refractivity contribution in [2.24, 2.45) is 23.7 Å². The summed E-state index contributed by atoms with van der Waals surface area (Å²) < 4.78 is 17.0. The molecule has 5 aliphatic rings. The maximum atomic E-state index is 5.77. The zero-order chi connectivity index (χ0) is 12.7. The Bertz CT molecular complexity index is 415. The van der Waals surface area contributed by atoms with Crippen molar-refractivity contribution in [1.29, 1.82) is 0 Å². The van der Waals surface area contributed by atoms with Gasteiger partial charge in [0.2, 0.25) is 0 Å². The van der Waals surface area contributed by atoms with Crippen molar-refractivity contribution in [3.63, 3.8) is 0 Å². The minimum absolute atomic E-state index is 0.403. The summed E-state index contributed by atoms with van der Waals surface area (Å²) >= 11 is 0. The molecule has 3 heteroatoms. The van der Waals surface area contributed by atoms with E-state index >= 15 is 0 Å². The summed E-state index contributed by atoms with van der Waals surface area (Å²) in [6.07, 6.45) is 9.68. The molecule has 1 aliphatic heterocycles. The third-order valence-corrected chi connectivity index (χ3v) is 4.61. The molecule has 4 atom stereocenters. The molecule has 0 N–H and O–H groups in total. The van der Waals surface area contributed by atoms with Gasteiger partial charge >= 0.3 is 0 Å². The Labute approximate surface area is 113 Å². The lowest BCUT2D eigenvalue weighted by Crippen LogP contribution is -2.18. The van der Waals surface area contributed by atoms with Crippen LogP contribution < -0.4 is 0 Å². The van der Waals surface area contributed by atoms with Crippen molar-refractivity contribution in [2.45, 2.75) is 0 Å². The van der Waals surface area contributed by atoms with E-state index in [1.165, 1.54) is 11.1 Å². The average molecular weight is 260 g/mol. The van der Waals surface area contributed by atoms with Crippen LogP contribution in [0.4, 0.5) is 0 Å². The minimum atomic E-state index is 0.403. The minimum Gasteiger partial charge on any atom is -0.377 e.